The van der Waals surface area contributed by atoms with Gasteiger partial charge in [0.05, 0.1) is 11.3 Å². The molecule has 2 aromatic heterocycles. The summed E-state index contributed by atoms with van der Waals surface area (Å²) in [6, 6.07) is 5.58. The SMILES string of the molecule is CN(C)CCCc1ncc(-c2ccncc2)cc1C(N)=O. The van der Waals surface area contributed by atoms with Crippen molar-refractivity contribution in [1.29, 1.82) is 0 Å². The second-order valence-corrected chi connectivity index (χ2v) is 5.23. The van der Waals surface area contributed by atoms with Gasteiger partial charge in [-0.25, -0.2) is 0 Å². The Balaban J connectivity index is 2.25. The molecule has 0 aliphatic rings. The molecule has 2 N–H and O–H groups in total. The monoisotopic (exact) mass is 284 g/mol. The smallest absolute Gasteiger partial charge is 0.250 e. The highest BCUT2D eigenvalue weighted by molar-refractivity contribution is 5.95. The Hall–Kier alpha value is -2.27. The molecule has 0 spiro atoms. The van der Waals surface area contributed by atoms with Gasteiger partial charge in [0.1, 0.15) is 0 Å². The van der Waals surface area contributed by atoms with Crippen LogP contribution in [0.3, 0.4) is 0 Å². The standard InChI is InChI=1S/C16H20N4O/c1-20(2)9-3-4-15-14(16(17)21)10-13(11-19-15)12-5-7-18-8-6-12/h5-8,10-11H,3-4,9H2,1-2H3,(H2,17,21). The number of nitrogens with zero attached hydrogens (tertiary/aromatic N) is 3. The van der Waals surface area contributed by atoms with Gasteiger partial charge in [0, 0.05) is 24.2 Å². The van der Waals surface area contributed by atoms with Crippen LogP contribution in [0.25, 0.3) is 11.1 Å². The van der Waals surface area contributed by atoms with Gasteiger partial charge in [0.25, 0.3) is 5.91 Å². The van der Waals surface area contributed by atoms with Gasteiger partial charge in [0.2, 0.25) is 0 Å². The molecule has 2 rings (SSSR count). The number of hydrogen-bond donors (Lipinski definition) is 1. The molecule has 0 atom stereocenters. The highest BCUT2D eigenvalue weighted by atomic mass is 16.1. The minimum atomic E-state index is -0.432. The van der Waals surface area contributed by atoms with Crippen molar-refractivity contribution >= 4 is 5.91 Å². The average Bonchev–Trinajstić information content (AvgIpc) is 2.48. The summed E-state index contributed by atoms with van der Waals surface area (Å²) in [5, 5.41) is 0. The lowest BCUT2D eigenvalue weighted by atomic mass is 10.0. The molecule has 2 aromatic rings. The number of amides is 1. The van der Waals surface area contributed by atoms with Crippen LogP contribution in [0.15, 0.2) is 36.8 Å². The van der Waals surface area contributed by atoms with Crippen LogP contribution < -0.4 is 5.73 Å². The zero-order valence-electron chi connectivity index (χ0n) is 12.4. The van der Waals surface area contributed by atoms with Crippen LogP contribution in [0.4, 0.5) is 0 Å². The van der Waals surface area contributed by atoms with Crippen molar-refractivity contribution in [3.8, 4) is 11.1 Å². The second-order valence-electron chi connectivity index (χ2n) is 5.23. The number of aryl methyl sites for hydroxylation is 1. The van der Waals surface area contributed by atoms with E-state index < -0.39 is 5.91 Å². The van der Waals surface area contributed by atoms with Gasteiger partial charge in [-0.2, -0.15) is 0 Å². The number of nitrogens with two attached hydrogens (primary N) is 1. The van der Waals surface area contributed by atoms with Gasteiger partial charge in [0.15, 0.2) is 0 Å². The average molecular weight is 284 g/mol. The Labute approximate surface area is 124 Å². The van der Waals surface area contributed by atoms with E-state index in [2.05, 4.69) is 14.9 Å². The zero-order valence-corrected chi connectivity index (χ0v) is 12.4. The first-order valence-corrected chi connectivity index (χ1v) is 6.92. The summed E-state index contributed by atoms with van der Waals surface area (Å²) in [5.41, 5.74) is 8.61. The Bertz CT molecular complexity index is 611. The van der Waals surface area contributed by atoms with E-state index in [9.17, 15) is 4.79 Å². The molecule has 5 heteroatoms. The molecule has 0 aliphatic carbocycles. The second kappa shape index (κ2) is 6.95. The van der Waals surface area contributed by atoms with Gasteiger partial charge in [-0.15, -0.1) is 0 Å². The maximum atomic E-state index is 11.7. The van der Waals surface area contributed by atoms with Crippen molar-refractivity contribution in [2.75, 3.05) is 20.6 Å². The maximum Gasteiger partial charge on any atom is 0.250 e. The molecule has 0 saturated carbocycles. The molecule has 0 aromatic carbocycles. The van der Waals surface area contributed by atoms with Crippen LogP contribution in [0.1, 0.15) is 22.5 Å². The zero-order chi connectivity index (χ0) is 15.2. The normalized spacial score (nSPS) is 10.8. The third-order valence-electron chi connectivity index (χ3n) is 3.27. The van der Waals surface area contributed by atoms with E-state index in [-0.39, 0.29) is 0 Å². The summed E-state index contributed by atoms with van der Waals surface area (Å²) in [4.78, 5) is 22.2. The summed E-state index contributed by atoms with van der Waals surface area (Å²) >= 11 is 0. The number of aromatic nitrogens is 2. The molecule has 0 fully saturated rings. The van der Waals surface area contributed by atoms with E-state index in [1.165, 1.54) is 0 Å². The lowest BCUT2D eigenvalue weighted by Crippen LogP contribution is -2.17. The first-order chi connectivity index (χ1) is 10.1. The van der Waals surface area contributed by atoms with Gasteiger partial charge in [-0.1, -0.05) is 0 Å². The predicted molar refractivity (Wildman–Crippen MR) is 82.9 cm³/mol. The van der Waals surface area contributed by atoms with E-state index in [0.29, 0.717) is 5.56 Å². The molecular formula is C16H20N4O. The summed E-state index contributed by atoms with van der Waals surface area (Å²) in [7, 11) is 4.05. The van der Waals surface area contributed by atoms with Crippen LogP contribution in [0.2, 0.25) is 0 Å². The molecule has 2 heterocycles. The van der Waals surface area contributed by atoms with Crippen molar-refractivity contribution in [3.63, 3.8) is 0 Å². The number of hydrogen-bond acceptors (Lipinski definition) is 4. The lowest BCUT2D eigenvalue weighted by molar-refractivity contribution is 0.0999. The van der Waals surface area contributed by atoms with Crippen LogP contribution in [-0.2, 0) is 6.42 Å². The Morgan fingerprint density at radius 2 is 1.95 bits per heavy atom. The summed E-state index contributed by atoms with van der Waals surface area (Å²) in [6.45, 7) is 0.950. The Morgan fingerprint density at radius 1 is 1.24 bits per heavy atom. The topological polar surface area (TPSA) is 72.1 Å². The minimum absolute atomic E-state index is 0.432. The van der Waals surface area contributed by atoms with Crippen molar-refractivity contribution in [2.45, 2.75) is 12.8 Å². The van der Waals surface area contributed by atoms with Crippen molar-refractivity contribution in [3.05, 3.63) is 48.0 Å². The molecule has 0 unspecified atom stereocenters. The number of carbonyl (C=O) groups is 1. The Morgan fingerprint density at radius 3 is 2.57 bits per heavy atom. The molecule has 0 aliphatic heterocycles. The highest BCUT2D eigenvalue weighted by Gasteiger charge is 2.11. The summed E-state index contributed by atoms with van der Waals surface area (Å²) in [6.07, 6.45) is 6.89. The first kappa shape index (κ1) is 15.1. The van der Waals surface area contributed by atoms with E-state index in [0.717, 1.165) is 36.2 Å². The van der Waals surface area contributed by atoms with Crippen LogP contribution in [0, 0.1) is 0 Å². The fraction of sp³-hybridized carbons (Fsp3) is 0.312. The van der Waals surface area contributed by atoms with Gasteiger partial charge < -0.3 is 10.6 Å². The first-order valence-electron chi connectivity index (χ1n) is 6.92. The van der Waals surface area contributed by atoms with E-state index in [1.807, 2.05) is 32.3 Å². The van der Waals surface area contributed by atoms with Crippen molar-refractivity contribution < 1.29 is 4.79 Å². The summed E-state index contributed by atoms with van der Waals surface area (Å²) in [5.74, 6) is -0.432. The highest BCUT2D eigenvalue weighted by Crippen LogP contribution is 2.20. The fourth-order valence-electron chi connectivity index (χ4n) is 2.17. The lowest BCUT2D eigenvalue weighted by Gasteiger charge is -2.11. The Kier molecular flexibility index (Phi) is 5.00. The molecule has 1 amide bonds. The van der Waals surface area contributed by atoms with E-state index in [1.54, 1.807) is 18.6 Å². The summed E-state index contributed by atoms with van der Waals surface area (Å²) < 4.78 is 0. The molecule has 5 nitrogen and oxygen atoms in total. The molecule has 0 radical (unpaired) electrons. The third-order valence-corrected chi connectivity index (χ3v) is 3.27. The van der Waals surface area contributed by atoms with Crippen molar-refractivity contribution in [2.24, 2.45) is 5.73 Å². The largest absolute Gasteiger partial charge is 0.366 e. The van der Waals surface area contributed by atoms with Crippen molar-refractivity contribution in [1.82, 2.24) is 14.9 Å². The number of pyridine rings is 2. The van der Waals surface area contributed by atoms with Gasteiger partial charge in [-0.05, 0) is 57.2 Å². The number of primary amides is 1. The number of rotatable bonds is 6. The molecule has 21 heavy (non-hydrogen) atoms. The number of carbonyl (C=O) groups excluding carboxylic acids is 1. The fourth-order valence-corrected chi connectivity index (χ4v) is 2.17. The molecular weight excluding hydrogens is 264 g/mol. The van der Waals surface area contributed by atoms with Crippen LogP contribution in [-0.4, -0.2) is 41.4 Å². The molecule has 0 saturated heterocycles. The van der Waals surface area contributed by atoms with Gasteiger partial charge >= 0.3 is 0 Å². The maximum absolute atomic E-state index is 11.7. The van der Waals surface area contributed by atoms with Crippen LogP contribution >= 0.6 is 0 Å². The quantitative estimate of drug-likeness (QED) is 0.877. The molecule has 0 bridgehead atoms. The predicted octanol–water partition coefficient (Wildman–Crippen LogP) is 1.74. The minimum Gasteiger partial charge on any atom is -0.366 e. The van der Waals surface area contributed by atoms with E-state index in [4.69, 9.17) is 5.73 Å². The van der Waals surface area contributed by atoms with Crippen LogP contribution in [0.5, 0.6) is 0 Å². The van der Waals surface area contributed by atoms with E-state index >= 15 is 0 Å². The molecule has 110 valence electrons. The third kappa shape index (κ3) is 4.10. The van der Waals surface area contributed by atoms with Gasteiger partial charge in [-0.3, -0.25) is 14.8 Å².